The third-order valence-corrected chi connectivity index (χ3v) is 3.12. The Kier molecular flexibility index (Phi) is 5.11. The Labute approximate surface area is 117 Å². The summed E-state index contributed by atoms with van der Waals surface area (Å²) in [6, 6.07) is 1.26. The fourth-order valence-corrected chi connectivity index (χ4v) is 1.93. The van der Waals surface area contributed by atoms with E-state index in [0.717, 1.165) is 12.8 Å². The number of carbonyl (C=O) groups is 2. The van der Waals surface area contributed by atoms with Crippen LogP contribution >= 0.6 is 0 Å². The SMILES string of the molecule is CCCCNC(=O)n1ccc(C(=O)N2CCOCC2)n1. The van der Waals surface area contributed by atoms with Crippen LogP contribution < -0.4 is 5.32 Å². The molecule has 1 aromatic heterocycles. The van der Waals surface area contributed by atoms with Crippen LogP contribution in [0.25, 0.3) is 0 Å². The van der Waals surface area contributed by atoms with Crippen molar-refractivity contribution in [2.75, 3.05) is 32.8 Å². The fraction of sp³-hybridized carbons (Fsp3) is 0.615. The molecule has 110 valence electrons. The fourth-order valence-electron chi connectivity index (χ4n) is 1.93. The maximum absolute atomic E-state index is 12.2. The number of ether oxygens (including phenoxy) is 1. The Balaban J connectivity index is 1.93. The van der Waals surface area contributed by atoms with E-state index in [0.29, 0.717) is 32.8 Å². The van der Waals surface area contributed by atoms with Gasteiger partial charge in [-0.1, -0.05) is 13.3 Å². The van der Waals surface area contributed by atoms with Gasteiger partial charge in [-0.15, -0.1) is 0 Å². The Morgan fingerprint density at radius 2 is 2.15 bits per heavy atom. The van der Waals surface area contributed by atoms with E-state index in [1.165, 1.54) is 10.9 Å². The van der Waals surface area contributed by atoms with Crippen LogP contribution in [0.3, 0.4) is 0 Å². The van der Waals surface area contributed by atoms with Crippen molar-refractivity contribution in [1.82, 2.24) is 20.0 Å². The van der Waals surface area contributed by atoms with Crippen LogP contribution in [0.5, 0.6) is 0 Å². The Hall–Kier alpha value is -1.89. The van der Waals surface area contributed by atoms with Crippen molar-refractivity contribution in [2.24, 2.45) is 0 Å². The number of rotatable bonds is 4. The van der Waals surface area contributed by atoms with E-state index in [1.807, 2.05) is 0 Å². The number of nitrogens with one attached hydrogen (secondary N) is 1. The topological polar surface area (TPSA) is 76.5 Å². The van der Waals surface area contributed by atoms with Gasteiger partial charge in [-0.2, -0.15) is 9.78 Å². The molecule has 0 radical (unpaired) electrons. The van der Waals surface area contributed by atoms with Crippen LogP contribution in [0, 0.1) is 0 Å². The molecular formula is C13H20N4O3. The Morgan fingerprint density at radius 1 is 1.40 bits per heavy atom. The standard InChI is InChI=1S/C13H20N4O3/c1-2-3-5-14-13(19)17-6-4-11(15-17)12(18)16-7-9-20-10-8-16/h4,6H,2-3,5,7-10H2,1H3,(H,14,19). The lowest BCUT2D eigenvalue weighted by Crippen LogP contribution is -2.41. The predicted molar refractivity (Wildman–Crippen MR) is 72.7 cm³/mol. The molecule has 2 amide bonds. The monoisotopic (exact) mass is 280 g/mol. The third kappa shape index (κ3) is 3.57. The van der Waals surface area contributed by atoms with Gasteiger partial charge in [-0.3, -0.25) is 4.79 Å². The lowest BCUT2D eigenvalue weighted by atomic mass is 10.3. The predicted octanol–water partition coefficient (Wildman–Crippen LogP) is 0.713. The van der Waals surface area contributed by atoms with Gasteiger partial charge in [-0.05, 0) is 12.5 Å². The first-order chi connectivity index (χ1) is 9.72. The minimum absolute atomic E-state index is 0.159. The summed E-state index contributed by atoms with van der Waals surface area (Å²) >= 11 is 0. The molecule has 2 rings (SSSR count). The molecule has 1 aromatic rings. The second kappa shape index (κ2) is 7.04. The molecule has 0 unspecified atom stereocenters. The second-order valence-corrected chi connectivity index (χ2v) is 4.64. The summed E-state index contributed by atoms with van der Waals surface area (Å²) in [6.07, 6.45) is 3.45. The second-order valence-electron chi connectivity index (χ2n) is 4.64. The molecule has 0 atom stereocenters. The van der Waals surface area contributed by atoms with Crippen molar-refractivity contribution in [3.8, 4) is 0 Å². The molecule has 0 aliphatic carbocycles. The molecule has 0 saturated carbocycles. The van der Waals surface area contributed by atoms with Crippen molar-refractivity contribution >= 4 is 11.9 Å². The molecule has 0 bridgehead atoms. The molecule has 1 aliphatic rings. The van der Waals surface area contributed by atoms with Crippen LogP contribution in [0.4, 0.5) is 4.79 Å². The van der Waals surface area contributed by atoms with Crippen LogP contribution in [-0.2, 0) is 4.74 Å². The molecule has 1 N–H and O–H groups in total. The number of hydrogen-bond donors (Lipinski definition) is 1. The van der Waals surface area contributed by atoms with Gasteiger partial charge in [0.2, 0.25) is 0 Å². The number of amides is 2. The highest BCUT2D eigenvalue weighted by molar-refractivity contribution is 5.92. The first kappa shape index (κ1) is 14.5. The van der Waals surface area contributed by atoms with Crippen molar-refractivity contribution in [3.05, 3.63) is 18.0 Å². The molecular weight excluding hydrogens is 260 g/mol. The highest BCUT2D eigenvalue weighted by Crippen LogP contribution is 2.05. The smallest absolute Gasteiger partial charge is 0.342 e. The highest BCUT2D eigenvalue weighted by Gasteiger charge is 2.21. The molecule has 7 heteroatoms. The minimum atomic E-state index is -0.306. The summed E-state index contributed by atoms with van der Waals surface area (Å²) in [7, 11) is 0. The molecule has 0 aromatic carbocycles. The first-order valence-corrected chi connectivity index (χ1v) is 6.93. The van der Waals surface area contributed by atoms with E-state index in [2.05, 4.69) is 17.3 Å². The summed E-state index contributed by atoms with van der Waals surface area (Å²) in [5, 5.41) is 6.78. The summed E-state index contributed by atoms with van der Waals surface area (Å²) < 4.78 is 6.37. The maximum Gasteiger partial charge on any atom is 0.342 e. The normalized spacial score (nSPS) is 15.2. The van der Waals surface area contributed by atoms with E-state index in [-0.39, 0.29) is 17.6 Å². The van der Waals surface area contributed by atoms with Crippen molar-refractivity contribution < 1.29 is 14.3 Å². The Morgan fingerprint density at radius 3 is 2.85 bits per heavy atom. The van der Waals surface area contributed by atoms with Gasteiger partial charge in [0, 0.05) is 25.8 Å². The third-order valence-electron chi connectivity index (χ3n) is 3.12. The van der Waals surface area contributed by atoms with Crippen LogP contribution in [0.15, 0.2) is 12.3 Å². The Bertz CT molecular complexity index is 466. The summed E-state index contributed by atoms with van der Waals surface area (Å²) in [5.41, 5.74) is 0.289. The largest absolute Gasteiger partial charge is 0.378 e. The molecule has 7 nitrogen and oxygen atoms in total. The van der Waals surface area contributed by atoms with E-state index in [1.54, 1.807) is 11.0 Å². The van der Waals surface area contributed by atoms with E-state index in [9.17, 15) is 9.59 Å². The van der Waals surface area contributed by atoms with E-state index >= 15 is 0 Å². The number of unbranched alkanes of at least 4 members (excludes halogenated alkanes) is 1. The average Bonchev–Trinajstić information content (AvgIpc) is 2.97. The average molecular weight is 280 g/mol. The van der Waals surface area contributed by atoms with Crippen LogP contribution in [-0.4, -0.2) is 59.5 Å². The van der Waals surface area contributed by atoms with Crippen LogP contribution in [0.2, 0.25) is 0 Å². The molecule has 1 saturated heterocycles. The lowest BCUT2D eigenvalue weighted by Gasteiger charge is -2.25. The van der Waals surface area contributed by atoms with Gasteiger partial charge in [0.25, 0.3) is 5.91 Å². The van der Waals surface area contributed by atoms with Crippen molar-refractivity contribution in [1.29, 1.82) is 0 Å². The maximum atomic E-state index is 12.2. The molecule has 0 spiro atoms. The minimum Gasteiger partial charge on any atom is -0.378 e. The van der Waals surface area contributed by atoms with Gasteiger partial charge in [0.1, 0.15) is 0 Å². The van der Waals surface area contributed by atoms with Crippen molar-refractivity contribution in [3.63, 3.8) is 0 Å². The molecule has 20 heavy (non-hydrogen) atoms. The van der Waals surface area contributed by atoms with Gasteiger partial charge in [-0.25, -0.2) is 4.79 Å². The zero-order valence-corrected chi connectivity index (χ0v) is 11.7. The lowest BCUT2D eigenvalue weighted by molar-refractivity contribution is 0.0298. The van der Waals surface area contributed by atoms with E-state index in [4.69, 9.17) is 4.74 Å². The first-order valence-electron chi connectivity index (χ1n) is 6.93. The quantitative estimate of drug-likeness (QED) is 0.824. The number of carbonyl (C=O) groups excluding carboxylic acids is 2. The van der Waals surface area contributed by atoms with Crippen molar-refractivity contribution in [2.45, 2.75) is 19.8 Å². The molecule has 1 fully saturated rings. The number of aromatic nitrogens is 2. The summed E-state index contributed by atoms with van der Waals surface area (Å²) in [5.74, 6) is -0.159. The van der Waals surface area contributed by atoms with Gasteiger partial charge in [0.05, 0.1) is 13.2 Å². The van der Waals surface area contributed by atoms with Gasteiger partial charge >= 0.3 is 6.03 Å². The summed E-state index contributed by atoms with van der Waals surface area (Å²) in [4.78, 5) is 25.6. The summed E-state index contributed by atoms with van der Waals surface area (Å²) in [6.45, 7) is 4.89. The van der Waals surface area contributed by atoms with Gasteiger partial charge < -0.3 is 15.0 Å². The zero-order valence-electron chi connectivity index (χ0n) is 11.7. The molecule has 1 aliphatic heterocycles. The van der Waals surface area contributed by atoms with Gasteiger partial charge in [0.15, 0.2) is 5.69 Å². The molecule has 2 heterocycles. The number of nitrogens with zero attached hydrogens (tertiary/aromatic N) is 3. The number of hydrogen-bond acceptors (Lipinski definition) is 4. The number of morpholine rings is 1. The van der Waals surface area contributed by atoms with Crippen LogP contribution in [0.1, 0.15) is 30.3 Å². The zero-order chi connectivity index (χ0) is 14.4. The van der Waals surface area contributed by atoms with E-state index < -0.39 is 0 Å². The highest BCUT2D eigenvalue weighted by atomic mass is 16.5.